The van der Waals surface area contributed by atoms with Gasteiger partial charge in [-0.05, 0) is 31.7 Å². The van der Waals surface area contributed by atoms with E-state index in [9.17, 15) is 0 Å². The Morgan fingerprint density at radius 1 is 1.05 bits per heavy atom. The summed E-state index contributed by atoms with van der Waals surface area (Å²) in [5.74, 6) is 1.74. The number of hydrazine groups is 1. The third-order valence-electron chi connectivity index (χ3n) is 4.15. The normalized spacial score (nSPS) is 21.8. The molecule has 1 fully saturated rings. The lowest BCUT2D eigenvalue weighted by Gasteiger charge is -2.34. The van der Waals surface area contributed by atoms with Gasteiger partial charge in [0.2, 0.25) is 0 Å². The predicted octanol–water partition coefficient (Wildman–Crippen LogP) is 1.66. The number of nitrogens with one attached hydrogen (secondary N) is 1. The number of ether oxygens (including phenoxy) is 2. The minimum absolute atomic E-state index is 0.269. The summed E-state index contributed by atoms with van der Waals surface area (Å²) < 4.78 is 11.5. The number of nitrogens with zero attached hydrogens (tertiary/aromatic N) is 2. The zero-order valence-electron chi connectivity index (χ0n) is 13.0. The van der Waals surface area contributed by atoms with Crippen LogP contribution in [0.3, 0.4) is 0 Å². The molecule has 2 aliphatic rings. The third kappa shape index (κ3) is 3.67. The molecule has 0 saturated carbocycles. The average Bonchev–Trinajstić information content (AvgIpc) is 2.74. The minimum atomic E-state index is 0.269. The Morgan fingerprint density at radius 2 is 1.76 bits per heavy atom. The summed E-state index contributed by atoms with van der Waals surface area (Å²) in [5, 5.41) is 2.31. The lowest BCUT2D eigenvalue weighted by molar-refractivity contribution is 0.0898. The van der Waals surface area contributed by atoms with Crippen LogP contribution in [0.2, 0.25) is 0 Å². The van der Waals surface area contributed by atoms with Crippen molar-refractivity contribution in [3.05, 3.63) is 23.8 Å². The number of piperazine rings is 1. The molecule has 0 amide bonds. The van der Waals surface area contributed by atoms with Gasteiger partial charge in [0.1, 0.15) is 0 Å². The Balaban J connectivity index is 1.64. The molecule has 2 aliphatic heterocycles. The molecule has 0 spiro atoms. The van der Waals surface area contributed by atoms with Crippen LogP contribution in [0.1, 0.15) is 24.9 Å². The molecular formula is C16H25N3O2. The second-order valence-corrected chi connectivity index (χ2v) is 5.90. The van der Waals surface area contributed by atoms with Gasteiger partial charge < -0.3 is 14.4 Å². The molecule has 5 heteroatoms. The molecule has 1 N–H and O–H groups in total. The van der Waals surface area contributed by atoms with Gasteiger partial charge in [-0.25, -0.2) is 10.4 Å². The molecule has 116 valence electrons. The van der Waals surface area contributed by atoms with Crippen molar-refractivity contribution in [1.29, 1.82) is 0 Å². The third-order valence-corrected chi connectivity index (χ3v) is 4.15. The van der Waals surface area contributed by atoms with Gasteiger partial charge in [-0.3, -0.25) is 0 Å². The smallest absolute Gasteiger partial charge is 0.161 e. The molecule has 1 atom stereocenters. The molecular weight excluding hydrogens is 266 g/mol. The molecule has 21 heavy (non-hydrogen) atoms. The molecule has 0 aliphatic carbocycles. The van der Waals surface area contributed by atoms with E-state index in [1.54, 1.807) is 0 Å². The number of hydrogen-bond donors (Lipinski definition) is 1. The van der Waals surface area contributed by atoms with Crippen LogP contribution in [-0.2, 0) is 0 Å². The van der Waals surface area contributed by atoms with Crippen LogP contribution in [-0.4, -0.2) is 56.3 Å². The van der Waals surface area contributed by atoms with Crippen LogP contribution in [0.5, 0.6) is 11.5 Å². The summed E-state index contributed by atoms with van der Waals surface area (Å²) >= 11 is 0. The lowest BCUT2D eigenvalue weighted by Crippen LogP contribution is -2.51. The molecule has 1 unspecified atom stereocenters. The van der Waals surface area contributed by atoms with Gasteiger partial charge in [0.25, 0.3) is 0 Å². The number of likely N-dealkylation sites (N-methyl/N-ethyl adjacent to an activating group) is 1. The van der Waals surface area contributed by atoms with Crippen LogP contribution in [0, 0.1) is 0 Å². The van der Waals surface area contributed by atoms with E-state index in [1.165, 1.54) is 5.56 Å². The van der Waals surface area contributed by atoms with E-state index < -0.39 is 0 Å². The highest BCUT2D eigenvalue weighted by atomic mass is 16.5. The van der Waals surface area contributed by atoms with Crippen LogP contribution in [0.15, 0.2) is 18.2 Å². The summed E-state index contributed by atoms with van der Waals surface area (Å²) in [5.41, 5.74) is 4.82. The van der Waals surface area contributed by atoms with Crippen molar-refractivity contribution in [2.75, 3.05) is 46.4 Å². The molecule has 2 heterocycles. The van der Waals surface area contributed by atoms with Crippen molar-refractivity contribution in [1.82, 2.24) is 15.3 Å². The van der Waals surface area contributed by atoms with Crippen LogP contribution in [0.4, 0.5) is 0 Å². The molecule has 1 saturated heterocycles. The van der Waals surface area contributed by atoms with Gasteiger partial charge in [0.05, 0.1) is 13.2 Å². The summed E-state index contributed by atoms with van der Waals surface area (Å²) in [7, 11) is 2.17. The maximum absolute atomic E-state index is 5.77. The molecule has 1 aromatic carbocycles. The fraction of sp³-hybridized carbons (Fsp3) is 0.625. The van der Waals surface area contributed by atoms with Gasteiger partial charge >= 0.3 is 0 Å². The number of hydrogen-bond acceptors (Lipinski definition) is 5. The maximum Gasteiger partial charge on any atom is 0.161 e. The Labute approximate surface area is 126 Å². The fourth-order valence-electron chi connectivity index (χ4n) is 2.73. The fourth-order valence-corrected chi connectivity index (χ4v) is 2.73. The molecule has 0 radical (unpaired) electrons. The zero-order chi connectivity index (χ0) is 14.7. The number of rotatable bonds is 3. The second-order valence-electron chi connectivity index (χ2n) is 5.90. The van der Waals surface area contributed by atoms with Gasteiger partial charge in [-0.1, -0.05) is 6.07 Å². The topological polar surface area (TPSA) is 37.0 Å². The molecule has 1 aromatic rings. The Morgan fingerprint density at radius 3 is 2.52 bits per heavy atom. The van der Waals surface area contributed by atoms with Crippen molar-refractivity contribution in [3.8, 4) is 11.5 Å². The Bertz CT molecular complexity index is 473. The van der Waals surface area contributed by atoms with Crippen LogP contribution in [0.25, 0.3) is 0 Å². The van der Waals surface area contributed by atoms with Crippen molar-refractivity contribution in [2.24, 2.45) is 0 Å². The quantitative estimate of drug-likeness (QED) is 0.917. The monoisotopic (exact) mass is 291 g/mol. The maximum atomic E-state index is 5.77. The summed E-state index contributed by atoms with van der Waals surface area (Å²) in [6, 6.07) is 6.53. The minimum Gasteiger partial charge on any atom is -0.490 e. The SMILES string of the molecule is CC(NN1CCN(C)CC1)c1ccc2c(c1)OCCCO2. The van der Waals surface area contributed by atoms with Crippen molar-refractivity contribution in [3.63, 3.8) is 0 Å². The first-order valence-corrected chi connectivity index (χ1v) is 7.81. The first-order valence-electron chi connectivity index (χ1n) is 7.81. The Hall–Kier alpha value is -1.30. The van der Waals surface area contributed by atoms with E-state index in [4.69, 9.17) is 9.47 Å². The van der Waals surface area contributed by atoms with Crippen LogP contribution >= 0.6 is 0 Å². The number of fused-ring (bicyclic) bond motifs is 1. The average molecular weight is 291 g/mol. The standard InChI is InChI=1S/C16H25N3O2/c1-13(17-19-8-6-18(2)7-9-19)14-4-5-15-16(12-14)21-11-3-10-20-15/h4-5,12-13,17H,3,6-11H2,1-2H3. The van der Waals surface area contributed by atoms with Crippen molar-refractivity contribution in [2.45, 2.75) is 19.4 Å². The Kier molecular flexibility index (Phi) is 4.63. The van der Waals surface area contributed by atoms with E-state index >= 15 is 0 Å². The molecule has 0 aromatic heterocycles. The highest BCUT2D eigenvalue weighted by Crippen LogP contribution is 2.32. The summed E-state index contributed by atoms with van der Waals surface area (Å²) in [4.78, 5) is 2.36. The van der Waals surface area contributed by atoms with Crippen molar-refractivity contribution < 1.29 is 9.47 Å². The summed E-state index contributed by atoms with van der Waals surface area (Å²) in [6.07, 6.45) is 0.944. The largest absolute Gasteiger partial charge is 0.490 e. The van der Waals surface area contributed by atoms with E-state index in [1.807, 2.05) is 6.07 Å². The second kappa shape index (κ2) is 6.64. The van der Waals surface area contributed by atoms with E-state index in [-0.39, 0.29) is 6.04 Å². The van der Waals surface area contributed by atoms with E-state index in [0.29, 0.717) is 0 Å². The van der Waals surface area contributed by atoms with Gasteiger partial charge in [0.15, 0.2) is 11.5 Å². The zero-order valence-corrected chi connectivity index (χ0v) is 13.0. The highest BCUT2D eigenvalue weighted by Gasteiger charge is 2.18. The van der Waals surface area contributed by atoms with E-state index in [2.05, 4.69) is 41.4 Å². The summed E-state index contributed by atoms with van der Waals surface area (Å²) in [6.45, 7) is 8.01. The van der Waals surface area contributed by atoms with E-state index in [0.717, 1.165) is 57.3 Å². The van der Waals surface area contributed by atoms with Gasteiger partial charge in [-0.2, -0.15) is 0 Å². The molecule has 0 bridgehead atoms. The van der Waals surface area contributed by atoms with Gasteiger partial charge in [0, 0.05) is 38.6 Å². The lowest BCUT2D eigenvalue weighted by atomic mass is 10.1. The molecule has 3 rings (SSSR count). The highest BCUT2D eigenvalue weighted by molar-refractivity contribution is 5.44. The van der Waals surface area contributed by atoms with Crippen molar-refractivity contribution >= 4 is 0 Å². The number of benzene rings is 1. The predicted molar refractivity (Wildman–Crippen MR) is 82.7 cm³/mol. The first-order chi connectivity index (χ1) is 10.2. The first kappa shape index (κ1) is 14.6. The molecule has 5 nitrogen and oxygen atoms in total. The van der Waals surface area contributed by atoms with Gasteiger partial charge in [-0.15, -0.1) is 0 Å². The van der Waals surface area contributed by atoms with Crippen LogP contribution < -0.4 is 14.9 Å².